The van der Waals surface area contributed by atoms with Crippen LogP contribution in [-0.2, 0) is 16.8 Å². The molecule has 2 aromatic carbocycles. The molecule has 1 aliphatic carbocycles. The number of amides is 1. The number of halogens is 1. The number of fused-ring (bicyclic) bond motifs is 1. The second kappa shape index (κ2) is 6.94. The summed E-state index contributed by atoms with van der Waals surface area (Å²) in [6, 6.07) is 16.8. The van der Waals surface area contributed by atoms with E-state index in [1.165, 1.54) is 23.0 Å². The van der Waals surface area contributed by atoms with Crippen molar-refractivity contribution in [3.05, 3.63) is 72.2 Å². The summed E-state index contributed by atoms with van der Waals surface area (Å²) >= 11 is 0. The van der Waals surface area contributed by atoms with Crippen LogP contribution in [0.15, 0.2) is 60.8 Å². The van der Waals surface area contributed by atoms with Crippen molar-refractivity contribution >= 4 is 16.8 Å². The van der Waals surface area contributed by atoms with E-state index in [1.54, 1.807) is 12.1 Å². The number of hydrogen-bond acceptors (Lipinski definition) is 1. The summed E-state index contributed by atoms with van der Waals surface area (Å²) in [6.45, 7) is 1.52. The lowest BCUT2D eigenvalue weighted by Gasteiger charge is -2.40. The average molecular weight is 350 g/mol. The molecule has 1 saturated carbocycles. The Hall–Kier alpha value is -2.62. The normalized spacial score (nSPS) is 15.6. The van der Waals surface area contributed by atoms with Gasteiger partial charge in [-0.05, 0) is 54.5 Å². The van der Waals surface area contributed by atoms with Crippen molar-refractivity contribution in [3.63, 3.8) is 0 Å². The molecule has 1 amide bonds. The maximum atomic E-state index is 13.2. The van der Waals surface area contributed by atoms with Crippen LogP contribution in [0, 0.1) is 5.82 Å². The third-order valence-electron chi connectivity index (χ3n) is 5.58. The highest BCUT2D eigenvalue weighted by Gasteiger charge is 2.45. The second-order valence-corrected chi connectivity index (χ2v) is 7.12. The first-order valence-corrected chi connectivity index (χ1v) is 9.27. The van der Waals surface area contributed by atoms with Crippen LogP contribution in [0.1, 0.15) is 31.2 Å². The monoisotopic (exact) mass is 350 g/mol. The van der Waals surface area contributed by atoms with Gasteiger partial charge in [0.15, 0.2) is 0 Å². The number of nitrogens with zero attached hydrogens (tertiary/aromatic N) is 1. The van der Waals surface area contributed by atoms with E-state index in [2.05, 4.69) is 34.3 Å². The molecule has 0 aliphatic heterocycles. The molecule has 0 spiro atoms. The van der Waals surface area contributed by atoms with Gasteiger partial charge in [-0.25, -0.2) is 4.39 Å². The summed E-state index contributed by atoms with van der Waals surface area (Å²) in [5, 5.41) is 4.34. The largest absolute Gasteiger partial charge is 0.355 e. The molecule has 1 fully saturated rings. The Balaban J connectivity index is 1.35. The Morgan fingerprint density at radius 2 is 1.85 bits per heavy atom. The SMILES string of the molecule is O=C(NCCCn1ccc2ccccc21)C1(c2ccc(F)cc2)CCC1. The smallest absolute Gasteiger partial charge is 0.230 e. The predicted molar refractivity (Wildman–Crippen MR) is 101 cm³/mol. The van der Waals surface area contributed by atoms with Gasteiger partial charge in [0.2, 0.25) is 5.91 Å². The quantitative estimate of drug-likeness (QED) is 0.657. The van der Waals surface area contributed by atoms with Crippen molar-refractivity contribution in [2.75, 3.05) is 6.54 Å². The Labute approximate surface area is 152 Å². The minimum atomic E-state index is -0.464. The highest BCUT2D eigenvalue weighted by atomic mass is 19.1. The summed E-state index contributed by atoms with van der Waals surface area (Å²) in [4.78, 5) is 12.8. The van der Waals surface area contributed by atoms with Crippen molar-refractivity contribution < 1.29 is 9.18 Å². The number of hydrogen-bond donors (Lipinski definition) is 1. The van der Waals surface area contributed by atoms with Gasteiger partial charge in [0.05, 0.1) is 5.41 Å². The van der Waals surface area contributed by atoms with Gasteiger partial charge in [0, 0.05) is 24.8 Å². The molecule has 134 valence electrons. The first kappa shape index (κ1) is 16.8. The Morgan fingerprint density at radius 3 is 2.58 bits per heavy atom. The van der Waals surface area contributed by atoms with Crippen molar-refractivity contribution in [1.82, 2.24) is 9.88 Å². The van der Waals surface area contributed by atoms with E-state index in [-0.39, 0.29) is 11.7 Å². The molecule has 4 heteroatoms. The minimum Gasteiger partial charge on any atom is -0.355 e. The van der Waals surface area contributed by atoms with Gasteiger partial charge in [-0.15, -0.1) is 0 Å². The number of aromatic nitrogens is 1. The Kier molecular flexibility index (Phi) is 4.49. The van der Waals surface area contributed by atoms with E-state index in [4.69, 9.17) is 0 Å². The Morgan fingerprint density at radius 1 is 1.08 bits per heavy atom. The molecule has 4 rings (SSSR count). The zero-order chi connectivity index (χ0) is 18.0. The van der Waals surface area contributed by atoms with Gasteiger partial charge in [0.1, 0.15) is 5.82 Å². The molecule has 3 aromatic rings. The second-order valence-electron chi connectivity index (χ2n) is 7.12. The molecule has 1 aromatic heterocycles. The molecule has 0 atom stereocenters. The van der Waals surface area contributed by atoms with Gasteiger partial charge in [-0.3, -0.25) is 4.79 Å². The van der Waals surface area contributed by atoms with Gasteiger partial charge < -0.3 is 9.88 Å². The molecular weight excluding hydrogens is 327 g/mol. The summed E-state index contributed by atoms with van der Waals surface area (Å²) < 4.78 is 15.4. The fraction of sp³-hybridized carbons (Fsp3) is 0.318. The van der Waals surface area contributed by atoms with Crippen molar-refractivity contribution in [2.45, 2.75) is 37.6 Å². The van der Waals surface area contributed by atoms with Crippen LogP contribution in [0.5, 0.6) is 0 Å². The zero-order valence-electron chi connectivity index (χ0n) is 14.7. The number of carbonyl (C=O) groups excluding carboxylic acids is 1. The summed E-state index contributed by atoms with van der Waals surface area (Å²) in [7, 11) is 0. The molecule has 1 N–H and O–H groups in total. The number of nitrogens with one attached hydrogen (secondary N) is 1. The van der Waals surface area contributed by atoms with Crippen molar-refractivity contribution in [3.8, 4) is 0 Å². The van der Waals surface area contributed by atoms with Crippen molar-refractivity contribution in [1.29, 1.82) is 0 Å². The lowest BCUT2D eigenvalue weighted by atomic mass is 9.64. The zero-order valence-corrected chi connectivity index (χ0v) is 14.7. The first-order valence-electron chi connectivity index (χ1n) is 9.27. The van der Waals surface area contributed by atoms with Gasteiger partial charge in [0.25, 0.3) is 0 Å². The Bertz CT molecular complexity index is 909. The lowest BCUT2D eigenvalue weighted by Crippen LogP contribution is -2.49. The van der Waals surface area contributed by atoms with Crippen LogP contribution in [0.3, 0.4) is 0 Å². The number of carbonyl (C=O) groups is 1. The molecule has 0 radical (unpaired) electrons. The standard InChI is InChI=1S/C22H23FN2O/c23-19-9-7-18(8-10-19)22(12-3-13-22)21(26)24-14-4-15-25-16-11-17-5-1-2-6-20(17)25/h1-2,5-11,16H,3-4,12-15H2,(H,24,26). The lowest BCUT2D eigenvalue weighted by molar-refractivity contribution is -0.129. The summed E-state index contributed by atoms with van der Waals surface area (Å²) in [5.41, 5.74) is 1.69. The molecule has 0 unspecified atom stereocenters. The maximum absolute atomic E-state index is 13.2. The van der Waals surface area contributed by atoms with E-state index >= 15 is 0 Å². The van der Waals surface area contributed by atoms with Crippen LogP contribution in [0.4, 0.5) is 4.39 Å². The first-order chi connectivity index (χ1) is 12.7. The molecule has 3 nitrogen and oxygen atoms in total. The average Bonchev–Trinajstić information content (AvgIpc) is 3.03. The highest BCUT2D eigenvalue weighted by Crippen LogP contribution is 2.43. The molecule has 1 aliphatic rings. The van der Waals surface area contributed by atoms with Crippen LogP contribution in [0.2, 0.25) is 0 Å². The molecule has 26 heavy (non-hydrogen) atoms. The number of aryl methyl sites for hydroxylation is 1. The third kappa shape index (κ3) is 3.00. The highest BCUT2D eigenvalue weighted by molar-refractivity contribution is 5.89. The number of para-hydroxylation sites is 1. The molecule has 1 heterocycles. The number of benzene rings is 2. The van der Waals surface area contributed by atoms with Crippen LogP contribution < -0.4 is 5.32 Å². The fourth-order valence-corrected chi connectivity index (χ4v) is 3.90. The molecule has 0 saturated heterocycles. The topological polar surface area (TPSA) is 34.0 Å². The van der Waals surface area contributed by atoms with Gasteiger partial charge >= 0.3 is 0 Å². The molecular formula is C22H23FN2O. The predicted octanol–water partition coefficient (Wildman–Crippen LogP) is 4.41. The number of rotatable bonds is 6. The van der Waals surface area contributed by atoms with Crippen LogP contribution in [-0.4, -0.2) is 17.0 Å². The van der Waals surface area contributed by atoms with Gasteiger partial charge in [-0.2, -0.15) is 0 Å². The van der Waals surface area contributed by atoms with E-state index in [9.17, 15) is 9.18 Å². The van der Waals surface area contributed by atoms with Crippen LogP contribution >= 0.6 is 0 Å². The van der Waals surface area contributed by atoms with E-state index < -0.39 is 5.41 Å². The van der Waals surface area contributed by atoms with E-state index in [1.807, 2.05) is 12.1 Å². The van der Waals surface area contributed by atoms with E-state index in [0.717, 1.165) is 37.8 Å². The van der Waals surface area contributed by atoms with Crippen LogP contribution in [0.25, 0.3) is 10.9 Å². The van der Waals surface area contributed by atoms with Gasteiger partial charge in [-0.1, -0.05) is 36.8 Å². The third-order valence-corrected chi connectivity index (χ3v) is 5.58. The van der Waals surface area contributed by atoms with Crippen molar-refractivity contribution in [2.24, 2.45) is 0 Å². The minimum absolute atomic E-state index is 0.0766. The van der Waals surface area contributed by atoms with E-state index in [0.29, 0.717) is 6.54 Å². The maximum Gasteiger partial charge on any atom is 0.230 e. The molecule has 0 bridgehead atoms. The fourth-order valence-electron chi connectivity index (χ4n) is 3.90. The summed E-state index contributed by atoms with van der Waals surface area (Å²) in [6.07, 6.45) is 5.70. The summed E-state index contributed by atoms with van der Waals surface area (Å²) in [5.74, 6) is -0.185.